The van der Waals surface area contributed by atoms with Gasteiger partial charge in [-0.25, -0.2) is 9.18 Å². The molecule has 8 nitrogen and oxygen atoms in total. The maximum Gasteiger partial charge on any atom is 0.325 e. The molecule has 0 spiro atoms. The highest BCUT2D eigenvalue weighted by molar-refractivity contribution is 6.07. The Kier molecular flexibility index (Phi) is 6.75. The molecule has 0 unspecified atom stereocenters. The minimum Gasteiger partial charge on any atom is -0.494 e. The number of hydrogen-bond donors (Lipinski definition) is 1. The lowest BCUT2D eigenvalue weighted by Gasteiger charge is -2.40. The molecule has 0 saturated carbocycles. The van der Waals surface area contributed by atoms with Crippen molar-refractivity contribution in [1.82, 2.24) is 15.1 Å². The number of para-hydroxylation sites is 2. The van der Waals surface area contributed by atoms with Crippen molar-refractivity contribution in [3.63, 3.8) is 0 Å². The van der Waals surface area contributed by atoms with Gasteiger partial charge in [-0.05, 0) is 68.1 Å². The number of rotatable bonds is 7. The molecule has 192 valence electrons. The molecule has 5 rings (SSSR count). The molecular formula is C27H32FN3O5. The van der Waals surface area contributed by atoms with Gasteiger partial charge in [0.05, 0.1) is 13.7 Å². The van der Waals surface area contributed by atoms with Crippen molar-refractivity contribution >= 4 is 11.9 Å². The number of nitrogens with zero attached hydrogens (tertiary/aromatic N) is 2. The van der Waals surface area contributed by atoms with E-state index < -0.39 is 11.6 Å². The summed E-state index contributed by atoms with van der Waals surface area (Å²) in [5.74, 6) is 1.00. The van der Waals surface area contributed by atoms with E-state index >= 15 is 0 Å². The highest BCUT2D eigenvalue weighted by Crippen LogP contribution is 2.37. The molecule has 3 amide bonds. The summed E-state index contributed by atoms with van der Waals surface area (Å²) in [6.45, 7) is 4.62. The molecule has 3 aliphatic heterocycles. The van der Waals surface area contributed by atoms with Crippen molar-refractivity contribution in [2.75, 3.05) is 33.4 Å². The van der Waals surface area contributed by atoms with Gasteiger partial charge >= 0.3 is 6.03 Å². The monoisotopic (exact) mass is 497 g/mol. The number of amides is 3. The number of benzene rings is 2. The van der Waals surface area contributed by atoms with Crippen molar-refractivity contribution < 1.29 is 28.2 Å². The Morgan fingerprint density at radius 1 is 1.14 bits per heavy atom. The molecule has 2 fully saturated rings. The van der Waals surface area contributed by atoms with Gasteiger partial charge < -0.3 is 19.5 Å². The third kappa shape index (κ3) is 4.48. The van der Waals surface area contributed by atoms with Gasteiger partial charge in [0.15, 0.2) is 29.2 Å². The summed E-state index contributed by atoms with van der Waals surface area (Å²) >= 11 is 0. The summed E-state index contributed by atoms with van der Waals surface area (Å²) in [4.78, 5) is 30.2. The average molecular weight is 498 g/mol. The Morgan fingerprint density at radius 2 is 1.89 bits per heavy atom. The molecule has 1 N–H and O–H groups in total. The SMILES string of the molecule is CC[C@]1(C2CCN(Cc3ccc(F)c(OC)c3)CC2)NC(=O)N(C[C@@H]2COc3ccccc3O2)C1=O. The highest BCUT2D eigenvalue weighted by atomic mass is 19.1. The maximum absolute atomic E-state index is 13.7. The fourth-order valence-electron chi connectivity index (χ4n) is 5.62. The molecular weight excluding hydrogens is 465 g/mol. The molecule has 0 aromatic heterocycles. The number of halogens is 1. The molecule has 9 heteroatoms. The third-order valence-electron chi connectivity index (χ3n) is 7.62. The van der Waals surface area contributed by atoms with Crippen molar-refractivity contribution in [3.8, 4) is 17.2 Å². The van der Waals surface area contributed by atoms with Crippen LogP contribution < -0.4 is 19.5 Å². The standard InChI is InChI=1S/C27H32FN3O5/c1-3-27(19-10-12-30(13-11-19)15-18-8-9-21(28)24(14-18)34-2)25(32)31(26(33)29-27)16-20-17-35-22-6-4-5-7-23(22)36-20/h4-9,14,19-20H,3,10-13,15-17H2,1-2H3,(H,29,33)/t20-,27-/m1/s1. The second-order valence-electron chi connectivity index (χ2n) is 9.69. The Bertz CT molecular complexity index is 1140. The van der Waals surface area contributed by atoms with Gasteiger partial charge in [-0.15, -0.1) is 0 Å². The topological polar surface area (TPSA) is 80.3 Å². The van der Waals surface area contributed by atoms with Crippen LogP contribution in [0.5, 0.6) is 17.2 Å². The van der Waals surface area contributed by atoms with Crippen molar-refractivity contribution in [1.29, 1.82) is 0 Å². The number of likely N-dealkylation sites (tertiary alicyclic amines) is 1. The number of hydrogen-bond acceptors (Lipinski definition) is 6. The van der Waals surface area contributed by atoms with Crippen LogP contribution >= 0.6 is 0 Å². The van der Waals surface area contributed by atoms with Gasteiger partial charge in [-0.1, -0.05) is 25.1 Å². The van der Waals surface area contributed by atoms with Gasteiger partial charge in [0.2, 0.25) is 0 Å². The van der Waals surface area contributed by atoms with E-state index in [1.54, 1.807) is 12.1 Å². The number of imide groups is 1. The minimum atomic E-state index is -0.907. The van der Waals surface area contributed by atoms with Crippen molar-refractivity contribution in [2.45, 2.75) is 44.4 Å². The number of nitrogens with one attached hydrogen (secondary N) is 1. The van der Waals surface area contributed by atoms with Crippen LogP contribution in [0.25, 0.3) is 0 Å². The lowest BCUT2D eigenvalue weighted by atomic mass is 9.75. The first-order valence-electron chi connectivity index (χ1n) is 12.5. The van der Waals surface area contributed by atoms with Crippen LogP contribution in [-0.4, -0.2) is 66.7 Å². The maximum atomic E-state index is 13.7. The first kappa shape index (κ1) is 24.4. The van der Waals surface area contributed by atoms with Crippen LogP contribution in [-0.2, 0) is 11.3 Å². The number of methoxy groups -OCH3 is 1. The number of carbonyl (C=O) groups excluding carboxylic acids is 2. The van der Waals surface area contributed by atoms with Gasteiger partial charge in [-0.3, -0.25) is 14.6 Å². The van der Waals surface area contributed by atoms with Crippen molar-refractivity contribution in [3.05, 3.63) is 53.8 Å². The molecule has 2 aromatic carbocycles. The van der Waals surface area contributed by atoms with E-state index in [2.05, 4.69) is 10.2 Å². The van der Waals surface area contributed by atoms with Gasteiger partial charge in [0, 0.05) is 6.54 Å². The predicted molar refractivity (Wildman–Crippen MR) is 131 cm³/mol. The summed E-state index contributed by atoms with van der Waals surface area (Å²) in [6, 6.07) is 11.9. The number of carbonyl (C=O) groups is 2. The normalized spacial score (nSPS) is 24.6. The fraction of sp³-hybridized carbons (Fsp3) is 0.481. The van der Waals surface area contributed by atoms with E-state index in [-0.39, 0.29) is 42.6 Å². The smallest absolute Gasteiger partial charge is 0.325 e. The molecule has 3 heterocycles. The quantitative estimate of drug-likeness (QED) is 0.589. The summed E-state index contributed by atoms with van der Waals surface area (Å²) < 4.78 is 30.6. The summed E-state index contributed by atoms with van der Waals surface area (Å²) in [5, 5.41) is 3.05. The van der Waals surface area contributed by atoms with E-state index in [0.29, 0.717) is 24.5 Å². The van der Waals surface area contributed by atoms with Crippen LogP contribution in [0.1, 0.15) is 31.7 Å². The Labute approximate surface area is 210 Å². The zero-order valence-electron chi connectivity index (χ0n) is 20.7. The third-order valence-corrected chi connectivity index (χ3v) is 7.62. The minimum absolute atomic E-state index is 0.0344. The Morgan fingerprint density at radius 3 is 2.61 bits per heavy atom. The second-order valence-corrected chi connectivity index (χ2v) is 9.69. The average Bonchev–Trinajstić information content (AvgIpc) is 3.15. The highest BCUT2D eigenvalue weighted by Gasteiger charge is 2.55. The fourth-order valence-corrected chi connectivity index (χ4v) is 5.62. The van der Waals surface area contributed by atoms with Gasteiger partial charge in [0.25, 0.3) is 5.91 Å². The van der Waals surface area contributed by atoms with E-state index in [1.807, 2.05) is 31.2 Å². The molecule has 2 aromatic rings. The summed E-state index contributed by atoms with van der Waals surface area (Å²) in [7, 11) is 1.46. The molecule has 2 atom stereocenters. The van der Waals surface area contributed by atoms with E-state index in [1.165, 1.54) is 18.1 Å². The molecule has 36 heavy (non-hydrogen) atoms. The number of fused-ring (bicyclic) bond motifs is 1. The summed E-state index contributed by atoms with van der Waals surface area (Å²) in [5.41, 5.74) is 0.0694. The van der Waals surface area contributed by atoms with Crippen molar-refractivity contribution in [2.24, 2.45) is 5.92 Å². The predicted octanol–water partition coefficient (Wildman–Crippen LogP) is 3.59. The number of piperidine rings is 1. The Hall–Kier alpha value is -3.33. The first-order valence-corrected chi connectivity index (χ1v) is 12.5. The van der Waals surface area contributed by atoms with Gasteiger partial charge in [-0.2, -0.15) is 0 Å². The second kappa shape index (κ2) is 9.97. The number of urea groups is 1. The van der Waals surface area contributed by atoms with E-state index in [9.17, 15) is 14.0 Å². The van der Waals surface area contributed by atoms with E-state index in [4.69, 9.17) is 14.2 Å². The lowest BCUT2D eigenvalue weighted by Crippen LogP contribution is -2.56. The van der Waals surface area contributed by atoms with E-state index in [0.717, 1.165) is 31.5 Å². The van der Waals surface area contributed by atoms with Gasteiger partial charge in [0.1, 0.15) is 12.1 Å². The van der Waals surface area contributed by atoms with Crippen LogP contribution in [0.3, 0.4) is 0 Å². The number of ether oxygens (including phenoxy) is 3. The molecule has 0 bridgehead atoms. The molecule has 0 radical (unpaired) electrons. The van der Waals surface area contributed by atoms with Crippen LogP contribution in [0.15, 0.2) is 42.5 Å². The molecule has 2 saturated heterocycles. The largest absolute Gasteiger partial charge is 0.494 e. The zero-order valence-corrected chi connectivity index (χ0v) is 20.7. The molecule has 3 aliphatic rings. The Balaban J connectivity index is 1.21. The molecule has 0 aliphatic carbocycles. The first-order chi connectivity index (χ1) is 17.4. The summed E-state index contributed by atoms with van der Waals surface area (Å²) in [6.07, 6.45) is 1.67. The van der Waals surface area contributed by atoms with Crippen LogP contribution in [0.4, 0.5) is 9.18 Å². The zero-order chi connectivity index (χ0) is 25.3. The lowest BCUT2D eigenvalue weighted by molar-refractivity contribution is -0.135. The van der Waals surface area contributed by atoms with Crippen LogP contribution in [0, 0.1) is 11.7 Å². The van der Waals surface area contributed by atoms with Crippen LogP contribution in [0.2, 0.25) is 0 Å².